The highest BCUT2D eigenvalue weighted by Crippen LogP contribution is 2.13. The summed E-state index contributed by atoms with van der Waals surface area (Å²) in [5.41, 5.74) is -1.48. The van der Waals surface area contributed by atoms with Crippen LogP contribution in [0.2, 0.25) is 0 Å². The van der Waals surface area contributed by atoms with E-state index in [1.54, 1.807) is 41.5 Å². The van der Waals surface area contributed by atoms with Gasteiger partial charge in [0.1, 0.15) is 17.2 Å². The van der Waals surface area contributed by atoms with E-state index in [1.165, 1.54) is 6.07 Å². The van der Waals surface area contributed by atoms with Crippen molar-refractivity contribution >= 4 is 12.1 Å². The van der Waals surface area contributed by atoms with Gasteiger partial charge in [0, 0.05) is 9.11 Å². The van der Waals surface area contributed by atoms with Crippen LogP contribution in [-0.2, 0) is 14.3 Å². The number of hydrogen-bond donors (Lipinski definition) is 1. The van der Waals surface area contributed by atoms with E-state index in [0.717, 1.165) is 0 Å². The maximum atomic E-state index is 12.2. The Kier molecular flexibility index (Phi) is 5.85. The van der Waals surface area contributed by atoms with Gasteiger partial charge in [0.05, 0.1) is 6.07 Å². The Hall–Kier alpha value is -1.77. The van der Waals surface area contributed by atoms with Crippen molar-refractivity contribution in [2.45, 2.75) is 78.0 Å². The molecule has 0 aliphatic rings. The predicted molar refractivity (Wildman–Crippen MR) is 78.5 cm³/mol. The molecule has 0 bridgehead atoms. The first-order chi connectivity index (χ1) is 10.2. The Labute approximate surface area is 129 Å². The number of carbonyl (C=O) groups excluding carboxylic acids is 2. The number of rotatable bonds is 5. The molecule has 0 saturated heterocycles. The molecule has 0 aliphatic heterocycles. The number of nitrogens with one attached hydrogen (secondary N) is 1. The van der Waals surface area contributed by atoms with Gasteiger partial charge in [-0.2, -0.15) is 5.26 Å². The summed E-state index contributed by atoms with van der Waals surface area (Å²) in [4.78, 5) is 24.0. The van der Waals surface area contributed by atoms with E-state index in [2.05, 4.69) is 5.32 Å². The maximum Gasteiger partial charge on any atom is 0.408 e. The summed E-state index contributed by atoms with van der Waals surface area (Å²) in [6, 6.07) is 0.422. The van der Waals surface area contributed by atoms with Gasteiger partial charge in [0.2, 0.25) is 0 Å². The molecule has 6 heteroatoms. The molecule has 0 rings (SSSR count). The van der Waals surface area contributed by atoms with Crippen LogP contribution in [-0.4, -0.2) is 29.3 Å². The minimum atomic E-state index is -2.09. The molecule has 0 aromatic carbocycles. The minimum absolute atomic E-state index is 0.0747. The monoisotopic (exact) mass is 300 g/mol. The average molecular weight is 300 g/mol. The van der Waals surface area contributed by atoms with Gasteiger partial charge in [0.15, 0.2) is 0 Å². The lowest BCUT2D eigenvalue weighted by molar-refractivity contribution is -0.157. The largest absolute Gasteiger partial charge is 0.458 e. The van der Waals surface area contributed by atoms with E-state index >= 15 is 0 Å². The number of esters is 1. The summed E-state index contributed by atoms with van der Waals surface area (Å²) in [6.45, 7) is 10.1. The molecule has 0 heterocycles. The molecule has 1 N–H and O–H groups in total. The fourth-order valence-electron chi connectivity index (χ4n) is 1.34. The van der Waals surface area contributed by atoms with Crippen molar-refractivity contribution < 1.29 is 21.8 Å². The number of ether oxygens (including phenoxy) is 2. The van der Waals surface area contributed by atoms with Crippen molar-refractivity contribution in [1.82, 2.24) is 5.32 Å². The molecule has 6 nitrogen and oxygen atoms in total. The second kappa shape index (κ2) is 7.87. The molecular formula is C15H26N2O4. The Balaban J connectivity index is 4.97. The van der Waals surface area contributed by atoms with Crippen molar-refractivity contribution in [3.05, 3.63) is 0 Å². The number of nitrogens with zero attached hydrogens (tertiary/aromatic N) is 1. The zero-order chi connectivity index (χ0) is 18.5. The lowest BCUT2D eigenvalue weighted by Crippen LogP contribution is -2.46. The van der Waals surface area contributed by atoms with Gasteiger partial charge in [-0.1, -0.05) is 0 Å². The van der Waals surface area contributed by atoms with E-state index < -0.39 is 35.7 Å². The van der Waals surface area contributed by atoms with Gasteiger partial charge in [-0.3, -0.25) is 0 Å². The molecule has 0 saturated carbocycles. The summed E-state index contributed by atoms with van der Waals surface area (Å²) in [5.74, 6) is -0.697. The Morgan fingerprint density at radius 1 is 1.19 bits per heavy atom. The van der Waals surface area contributed by atoms with Crippen LogP contribution in [0.25, 0.3) is 0 Å². The smallest absolute Gasteiger partial charge is 0.408 e. The molecule has 0 aliphatic carbocycles. The average Bonchev–Trinajstić information content (AvgIpc) is 2.30. The van der Waals surface area contributed by atoms with E-state index in [4.69, 9.17) is 17.5 Å². The lowest BCUT2D eigenvalue weighted by Gasteiger charge is -2.26. The highest BCUT2D eigenvalue weighted by molar-refractivity contribution is 5.81. The summed E-state index contributed by atoms with van der Waals surface area (Å²) in [6.07, 6.45) is -3.18. The zero-order valence-electron chi connectivity index (χ0n) is 15.6. The molecule has 1 amide bonds. The zero-order valence-corrected chi connectivity index (χ0v) is 13.6. The van der Waals surface area contributed by atoms with Crippen molar-refractivity contribution in [2.24, 2.45) is 0 Å². The molecule has 0 spiro atoms. The normalized spacial score (nSPS) is 15.1. The highest BCUT2D eigenvalue weighted by Gasteiger charge is 2.28. The molecule has 0 aromatic rings. The van der Waals surface area contributed by atoms with Gasteiger partial charge in [-0.05, 0) is 54.4 Å². The third kappa shape index (κ3) is 10.7. The molecule has 0 fully saturated rings. The van der Waals surface area contributed by atoms with Crippen molar-refractivity contribution in [1.29, 1.82) is 5.26 Å². The van der Waals surface area contributed by atoms with Crippen LogP contribution < -0.4 is 5.32 Å². The number of carbonyl (C=O) groups is 2. The molecule has 0 radical (unpaired) electrons. The second-order valence-electron chi connectivity index (χ2n) is 6.56. The van der Waals surface area contributed by atoms with Gasteiger partial charge in [-0.25, -0.2) is 9.59 Å². The Morgan fingerprint density at radius 3 is 2.14 bits per heavy atom. The molecule has 120 valence electrons. The van der Waals surface area contributed by atoms with Crippen LogP contribution in [0.15, 0.2) is 0 Å². The summed E-state index contributed by atoms with van der Waals surface area (Å²) in [5, 5.41) is 11.1. The van der Waals surface area contributed by atoms with Gasteiger partial charge in [-0.15, -0.1) is 0 Å². The standard InChI is InChI=1S/C15H26N2O4/c1-14(2,3)20-12(18)11(9-7-8-10-16)17-13(19)21-15(4,5)6/h11H,7-9H2,1-6H3,(H,17,19)/t11-/m0/s1/i8D2. The first-order valence-corrected chi connectivity index (χ1v) is 6.79. The quantitative estimate of drug-likeness (QED) is 0.789. The van der Waals surface area contributed by atoms with Crippen molar-refractivity contribution in [2.75, 3.05) is 0 Å². The highest BCUT2D eigenvalue weighted by atomic mass is 16.6. The van der Waals surface area contributed by atoms with Gasteiger partial charge in [0.25, 0.3) is 0 Å². The summed E-state index contributed by atoms with van der Waals surface area (Å²) >= 11 is 0. The maximum absolute atomic E-state index is 12.2. The molecule has 21 heavy (non-hydrogen) atoms. The van der Waals surface area contributed by atoms with Gasteiger partial charge < -0.3 is 14.8 Å². The Morgan fingerprint density at radius 2 is 1.71 bits per heavy atom. The van der Waals surface area contributed by atoms with E-state index in [0.29, 0.717) is 0 Å². The third-order valence-corrected chi connectivity index (χ3v) is 2.02. The molecule has 0 unspecified atom stereocenters. The van der Waals surface area contributed by atoms with Crippen LogP contribution in [0, 0.1) is 11.3 Å². The SMILES string of the molecule is [2H]C([2H])(C#N)CC[C@H](NC(=O)OC(C)(C)C)C(=O)OC(C)(C)C. The van der Waals surface area contributed by atoms with Crippen molar-refractivity contribution in [3.63, 3.8) is 0 Å². The fraction of sp³-hybridized carbons (Fsp3) is 0.800. The summed E-state index contributed by atoms with van der Waals surface area (Å²) in [7, 11) is 0. The molecule has 0 aromatic heterocycles. The van der Waals surface area contributed by atoms with Gasteiger partial charge >= 0.3 is 12.1 Å². The number of alkyl carbamates (subject to hydrolysis) is 1. The number of hydrogen-bond acceptors (Lipinski definition) is 5. The fourth-order valence-corrected chi connectivity index (χ4v) is 1.34. The van der Waals surface area contributed by atoms with Crippen LogP contribution in [0.4, 0.5) is 4.79 Å². The van der Waals surface area contributed by atoms with E-state index in [1.807, 2.05) is 0 Å². The van der Waals surface area contributed by atoms with E-state index in [9.17, 15) is 9.59 Å². The van der Waals surface area contributed by atoms with Crippen LogP contribution in [0.5, 0.6) is 0 Å². The number of nitriles is 1. The second-order valence-corrected chi connectivity index (χ2v) is 6.56. The summed E-state index contributed by atoms with van der Waals surface area (Å²) < 4.78 is 25.2. The topological polar surface area (TPSA) is 88.4 Å². The Bertz CT molecular complexity index is 473. The molecular weight excluding hydrogens is 272 g/mol. The molecule has 1 atom stereocenters. The van der Waals surface area contributed by atoms with Crippen LogP contribution in [0.3, 0.4) is 0 Å². The number of amides is 1. The first kappa shape index (κ1) is 15.6. The predicted octanol–water partition coefficient (Wildman–Crippen LogP) is 2.92. The van der Waals surface area contributed by atoms with Crippen LogP contribution >= 0.6 is 0 Å². The van der Waals surface area contributed by atoms with Crippen molar-refractivity contribution in [3.8, 4) is 6.07 Å². The van der Waals surface area contributed by atoms with Crippen LogP contribution in [0.1, 0.15) is 63.5 Å². The lowest BCUT2D eigenvalue weighted by atomic mass is 10.1. The van der Waals surface area contributed by atoms with E-state index in [-0.39, 0.29) is 12.8 Å². The minimum Gasteiger partial charge on any atom is -0.458 e. The third-order valence-electron chi connectivity index (χ3n) is 2.02. The first-order valence-electron chi connectivity index (χ1n) is 7.79.